The molecule has 0 atom stereocenters. The lowest BCUT2D eigenvalue weighted by atomic mass is 10.1. The van der Waals surface area contributed by atoms with E-state index in [1.54, 1.807) is 29.2 Å². The number of para-hydroxylation sites is 1. The molecule has 1 saturated heterocycles. The number of benzene rings is 3. The van der Waals surface area contributed by atoms with Crippen molar-refractivity contribution in [3.8, 4) is 11.5 Å². The number of piperidine rings is 1. The predicted octanol–water partition coefficient (Wildman–Crippen LogP) is 5.05. The Bertz CT molecular complexity index is 1120. The molecule has 7 heteroatoms. The Hall–Kier alpha value is -3.32. The Morgan fingerprint density at radius 1 is 0.812 bits per heavy atom. The molecule has 0 aromatic heterocycles. The van der Waals surface area contributed by atoms with Crippen LogP contribution in [0, 0.1) is 0 Å². The fraction of sp³-hybridized carbons (Fsp3) is 0.240. The van der Waals surface area contributed by atoms with E-state index in [9.17, 15) is 13.2 Å². The van der Waals surface area contributed by atoms with E-state index in [4.69, 9.17) is 9.47 Å². The van der Waals surface area contributed by atoms with E-state index < -0.39 is 21.2 Å². The topological polar surface area (TPSA) is 72.9 Å². The fourth-order valence-electron chi connectivity index (χ4n) is 3.67. The van der Waals surface area contributed by atoms with Gasteiger partial charge in [0, 0.05) is 13.1 Å². The summed E-state index contributed by atoms with van der Waals surface area (Å²) in [6.07, 6.45) is 0.350. The Labute approximate surface area is 188 Å². The number of hydrogen-bond acceptors (Lipinski definition) is 5. The van der Waals surface area contributed by atoms with Crippen LogP contribution in [-0.4, -0.2) is 37.8 Å². The summed E-state index contributed by atoms with van der Waals surface area (Å²) in [6, 6.07) is 25.3. The van der Waals surface area contributed by atoms with Crippen molar-refractivity contribution in [1.29, 1.82) is 0 Å². The van der Waals surface area contributed by atoms with Crippen LogP contribution in [0.1, 0.15) is 18.4 Å². The molecule has 1 heterocycles. The third-order valence-corrected chi connectivity index (χ3v) is 7.75. The molecule has 0 radical (unpaired) electrons. The number of carbonyl (C=O) groups is 1. The van der Waals surface area contributed by atoms with Gasteiger partial charge in [-0.2, -0.15) is 0 Å². The molecule has 1 aliphatic rings. The Kier molecular flexibility index (Phi) is 6.75. The monoisotopic (exact) mass is 451 g/mol. The Balaban J connectivity index is 1.31. The quantitative estimate of drug-likeness (QED) is 0.524. The smallest absolute Gasteiger partial charge is 0.410 e. The molecule has 0 bridgehead atoms. The molecule has 4 rings (SSSR count). The van der Waals surface area contributed by atoms with Gasteiger partial charge in [0.2, 0.25) is 0 Å². The highest BCUT2D eigenvalue weighted by Gasteiger charge is 2.33. The van der Waals surface area contributed by atoms with Crippen molar-refractivity contribution in [1.82, 2.24) is 4.90 Å². The normalized spacial score (nSPS) is 14.7. The van der Waals surface area contributed by atoms with Gasteiger partial charge in [-0.1, -0.05) is 48.5 Å². The molecule has 3 aromatic rings. The first kappa shape index (κ1) is 21.9. The molecule has 0 aliphatic carbocycles. The zero-order valence-corrected chi connectivity index (χ0v) is 18.4. The fourth-order valence-corrected chi connectivity index (χ4v) is 5.41. The van der Waals surface area contributed by atoms with Crippen LogP contribution in [0.15, 0.2) is 89.8 Å². The molecule has 1 fully saturated rings. The van der Waals surface area contributed by atoms with Crippen LogP contribution in [-0.2, 0) is 21.2 Å². The standard InChI is InChI=1S/C25H25NO5S/c27-25(30-19-20-7-3-1-4-8-20)26-17-15-24(16-18-26)32(28,29)23-13-11-22(12-14-23)31-21-9-5-2-6-10-21/h1-14,24H,15-19H2. The molecule has 0 spiro atoms. The number of nitrogens with zero attached hydrogens (tertiary/aromatic N) is 1. The predicted molar refractivity (Wildman–Crippen MR) is 121 cm³/mol. The van der Waals surface area contributed by atoms with Gasteiger partial charge in [-0.05, 0) is 54.8 Å². The zero-order valence-electron chi connectivity index (χ0n) is 17.6. The highest BCUT2D eigenvalue weighted by molar-refractivity contribution is 7.92. The molecule has 32 heavy (non-hydrogen) atoms. The van der Waals surface area contributed by atoms with E-state index in [1.165, 1.54) is 0 Å². The molecule has 1 aliphatic heterocycles. The molecule has 0 unspecified atom stereocenters. The van der Waals surface area contributed by atoms with E-state index in [0.29, 0.717) is 37.4 Å². The van der Waals surface area contributed by atoms with E-state index in [-0.39, 0.29) is 11.5 Å². The average Bonchev–Trinajstić information content (AvgIpc) is 2.84. The van der Waals surface area contributed by atoms with Crippen LogP contribution in [0.2, 0.25) is 0 Å². The van der Waals surface area contributed by atoms with Gasteiger partial charge in [-0.15, -0.1) is 0 Å². The van der Waals surface area contributed by atoms with Crippen LogP contribution in [0.5, 0.6) is 11.5 Å². The summed E-state index contributed by atoms with van der Waals surface area (Å²) in [6.45, 7) is 0.911. The summed E-state index contributed by atoms with van der Waals surface area (Å²) in [4.78, 5) is 14.2. The van der Waals surface area contributed by atoms with Crippen LogP contribution < -0.4 is 4.74 Å². The number of rotatable bonds is 6. The summed E-state index contributed by atoms with van der Waals surface area (Å²) in [5.74, 6) is 1.26. The second-order valence-corrected chi connectivity index (χ2v) is 9.89. The number of hydrogen-bond donors (Lipinski definition) is 0. The molecule has 6 nitrogen and oxygen atoms in total. The largest absolute Gasteiger partial charge is 0.457 e. The lowest BCUT2D eigenvalue weighted by Gasteiger charge is -2.31. The van der Waals surface area contributed by atoms with Crippen molar-refractivity contribution in [2.24, 2.45) is 0 Å². The third kappa shape index (κ3) is 5.29. The summed E-state index contributed by atoms with van der Waals surface area (Å²) < 4.78 is 37.2. The second kappa shape index (κ2) is 9.87. The highest BCUT2D eigenvalue weighted by Crippen LogP contribution is 2.28. The number of amides is 1. The van der Waals surface area contributed by atoms with Crippen LogP contribution in [0.4, 0.5) is 4.79 Å². The van der Waals surface area contributed by atoms with Gasteiger partial charge in [0.1, 0.15) is 18.1 Å². The zero-order chi connectivity index (χ0) is 22.4. The highest BCUT2D eigenvalue weighted by atomic mass is 32.2. The first-order valence-electron chi connectivity index (χ1n) is 10.5. The van der Waals surface area contributed by atoms with E-state index in [1.807, 2.05) is 60.7 Å². The van der Waals surface area contributed by atoms with Gasteiger partial charge in [-0.3, -0.25) is 0 Å². The van der Waals surface area contributed by atoms with E-state index in [0.717, 1.165) is 5.56 Å². The molecule has 1 amide bonds. The van der Waals surface area contributed by atoms with E-state index in [2.05, 4.69) is 0 Å². The van der Waals surface area contributed by atoms with Gasteiger partial charge < -0.3 is 14.4 Å². The molecular formula is C25H25NO5S. The number of carbonyl (C=O) groups excluding carboxylic acids is 1. The Morgan fingerprint density at radius 2 is 1.38 bits per heavy atom. The maximum absolute atomic E-state index is 13.1. The van der Waals surface area contributed by atoms with Crippen molar-refractivity contribution in [2.45, 2.75) is 29.6 Å². The van der Waals surface area contributed by atoms with Gasteiger partial charge >= 0.3 is 6.09 Å². The van der Waals surface area contributed by atoms with Crippen LogP contribution in [0.3, 0.4) is 0 Å². The minimum absolute atomic E-state index is 0.204. The van der Waals surface area contributed by atoms with Crippen molar-refractivity contribution in [2.75, 3.05) is 13.1 Å². The van der Waals surface area contributed by atoms with Gasteiger partial charge in [0.25, 0.3) is 0 Å². The molecule has 166 valence electrons. The molecule has 0 N–H and O–H groups in total. The lowest BCUT2D eigenvalue weighted by molar-refractivity contribution is 0.0897. The summed E-state index contributed by atoms with van der Waals surface area (Å²) in [7, 11) is -3.49. The average molecular weight is 452 g/mol. The summed E-state index contributed by atoms with van der Waals surface area (Å²) in [5.41, 5.74) is 0.915. The lowest BCUT2D eigenvalue weighted by Crippen LogP contribution is -2.42. The first-order valence-corrected chi connectivity index (χ1v) is 12.1. The third-order valence-electron chi connectivity index (χ3n) is 5.48. The first-order chi connectivity index (χ1) is 15.5. The van der Waals surface area contributed by atoms with Gasteiger partial charge in [0.15, 0.2) is 9.84 Å². The van der Waals surface area contributed by atoms with Crippen molar-refractivity contribution < 1.29 is 22.7 Å². The molecule has 0 saturated carbocycles. The second-order valence-electron chi connectivity index (χ2n) is 7.66. The number of ether oxygens (including phenoxy) is 2. The minimum atomic E-state index is -3.49. The molecule has 3 aromatic carbocycles. The van der Waals surface area contributed by atoms with E-state index >= 15 is 0 Å². The van der Waals surface area contributed by atoms with Crippen LogP contribution in [0.25, 0.3) is 0 Å². The summed E-state index contributed by atoms with van der Waals surface area (Å²) >= 11 is 0. The van der Waals surface area contributed by atoms with Crippen molar-refractivity contribution >= 4 is 15.9 Å². The maximum atomic E-state index is 13.1. The van der Waals surface area contributed by atoms with Crippen molar-refractivity contribution in [3.05, 3.63) is 90.5 Å². The molecular weight excluding hydrogens is 426 g/mol. The van der Waals surface area contributed by atoms with Crippen molar-refractivity contribution in [3.63, 3.8) is 0 Å². The van der Waals surface area contributed by atoms with Gasteiger partial charge in [0.05, 0.1) is 10.1 Å². The Morgan fingerprint density at radius 3 is 2.00 bits per heavy atom. The minimum Gasteiger partial charge on any atom is -0.457 e. The van der Waals surface area contributed by atoms with Crippen LogP contribution >= 0.6 is 0 Å². The number of sulfone groups is 1. The number of likely N-dealkylation sites (tertiary alicyclic amines) is 1. The maximum Gasteiger partial charge on any atom is 0.410 e. The SMILES string of the molecule is O=C(OCc1ccccc1)N1CCC(S(=O)(=O)c2ccc(Oc3ccccc3)cc2)CC1. The summed E-state index contributed by atoms with van der Waals surface area (Å²) in [5, 5.41) is -0.526. The van der Waals surface area contributed by atoms with Gasteiger partial charge in [-0.25, -0.2) is 13.2 Å².